The minimum atomic E-state index is -0.594. The van der Waals surface area contributed by atoms with Crippen molar-refractivity contribution in [3.8, 4) is 17.6 Å². The summed E-state index contributed by atoms with van der Waals surface area (Å²) in [5.74, 6) is 0.805. The van der Waals surface area contributed by atoms with E-state index in [1.54, 1.807) is 12.1 Å². The Morgan fingerprint density at radius 1 is 0.840 bits per heavy atom. The Hall–Kier alpha value is -3.45. The van der Waals surface area contributed by atoms with Gasteiger partial charge in [-0.05, 0) is 30.3 Å². The molecule has 0 unspecified atom stereocenters. The molecular weight excluding hydrogens is 312 g/mol. The molecule has 4 nitrogen and oxygen atoms in total. The molecule has 0 amide bonds. The quantitative estimate of drug-likeness (QED) is 0.749. The van der Waals surface area contributed by atoms with Crippen molar-refractivity contribution in [2.75, 3.05) is 4.90 Å². The molecule has 0 aromatic heterocycles. The molecule has 0 saturated heterocycles. The van der Waals surface area contributed by atoms with E-state index in [1.165, 1.54) is 0 Å². The lowest BCUT2D eigenvalue weighted by Crippen LogP contribution is -2.39. The summed E-state index contributed by atoms with van der Waals surface area (Å²) >= 11 is 0. The number of rotatable bonds is 2. The molecule has 0 spiro atoms. The summed E-state index contributed by atoms with van der Waals surface area (Å²) in [7, 11) is 0. The number of benzene rings is 3. The van der Waals surface area contributed by atoms with Crippen molar-refractivity contribution in [1.29, 1.82) is 5.26 Å². The number of fused-ring (bicyclic) bond motifs is 1. The van der Waals surface area contributed by atoms with Crippen molar-refractivity contribution < 1.29 is 9.84 Å². The Labute approximate surface area is 146 Å². The van der Waals surface area contributed by atoms with E-state index in [4.69, 9.17) is 4.74 Å². The van der Waals surface area contributed by atoms with Crippen LogP contribution in [0.1, 0.15) is 23.4 Å². The molecule has 0 radical (unpaired) electrons. The zero-order valence-electron chi connectivity index (χ0n) is 13.4. The summed E-state index contributed by atoms with van der Waals surface area (Å²) in [4.78, 5) is 1.90. The minimum absolute atomic E-state index is 0.143. The first-order valence-corrected chi connectivity index (χ1v) is 8.06. The Bertz CT molecular complexity index is 934. The van der Waals surface area contributed by atoms with Gasteiger partial charge < -0.3 is 14.7 Å². The molecule has 25 heavy (non-hydrogen) atoms. The van der Waals surface area contributed by atoms with Gasteiger partial charge >= 0.3 is 0 Å². The van der Waals surface area contributed by atoms with Crippen LogP contribution in [0.25, 0.3) is 0 Å². The molecule has 122 valence electrons. The average Bonchev–Trinajstić information content (AvgIpc) is 2.67. The maximum atomic E-state index is 10.3. The summed E-state index contributed by atoms with van der Waals surface area (Å²) in [6.45, 7) is 0. The maximum absolute atomic E-state index is 10.3. The molecular formula is C21H16N2O2. The highest BCUT2D eigenvalue weighted by Gasteiger charge is 2.38. The second-order valence-electron chi connectivity index (χ2n) is 5.84. The molecule has 3 aromatic rings. The van der Waals surface area contributed by atoms with Crippen LogP contribution in [0.4, 0.5) is 5.69 Å². The highest BCUT2D eigenvalue weighted by molar-refractivity contribution is 5.58. The molecule has 1 N–H and O–H groups in total. The number of hydrogen-bond donors (Lipinski definition) is 1. The number of aromatic hydroxyl groups is 1. The number of ether oxygens (including phenoxy) is 1. The fraction of sp³-hybridized carbons (Fsp3) is 0.0952. The minimum Gasteiger partial charge on any atom is -0.507 e. The predicted octanol–water partition coefficient (Wildman–Crippen LogP) is 4.55. The molecule has 0 saturated carbocycles. The summed E-state index contributed by atoms with van der Waals surface area (Å²) in [6, 6.07) is 26.1. The van der Waals surface area contributed by atoms with Gasteiger partial charge in [-0.3, -0.25) is 0 Å². The SMILES string of the molecule is N#C[C@H]1c2ccccc2O[C@H](c2ccccc2O)N1c1ccccc1. The van der Waals surface area contributed by atoms with Gasteiger partial charge in [-0.25, -0.2) is 0 Å². The van der Waals surface area contributed by atoms with Crippen LogP contribution < -0.4 is 9.64 Å². The van der Waals surface area contributed by atoms with Crippen LogP contribution >= 0.6 is 0 Å². The molecule has 1 aliphatic rings. The number of nitrogens with zero attached hydrogens (tertiary/aromatic N) is 2. The summed E-state index contributed by atoms with van der Waals surface area (Å²) < 4.78 is 6.21. The fourth-order valence-corrected chi connectivity index (χ4v) is 3.20. The second-order valence-corrected chi connectivity index (χ2v) is 5.84. The van der Waals surface area contributed by atoms with E-state index in [1.807, 2.05) is 71.6 Å². The van der Waals surface area contributed by atoms with Crippen LogP contribution in [0.2, 0.25) is 0 Å². The smallest absolute Gasteiger partial charge is 0.203 e. The van der Waals surface area contributed by atoms with Crippen molar-refractivity contribution in [2.45, 2.75) is 12.3 Å². The Morgan fingerprint density at radius 2 is 1.48 bits per heavy atom. The van der Waals surface area contributed by atoms with E-state index >= 15 is 0 Å². The molecule has 2 atom stereocenters. The van der Waals surface area contributed by atoms with Crippen molar-refractivity contribution in [1.82, 2.24) is 0 Å². The van der Waals surface area contributed by atoms with E-state index in [2.05, 4.69) is 6.07 Å². The van der Waals surface area contributed by atoms with Gasteiger partial charge in [0.25, 0.3) is 0 Å². The average molecular weight is 328 g/mol. The third kappa shape index (κ3) is 2.56. The lowest BCUT2D eigenvalue weighted by Gasteiger charge is -2.41. The van der Waals surface area contributed by atoms with Crippen LogP contribution in [0.5, 0.6) is 11.5 Å². The molecule has 3 aromatic carbocycles. The zero-order valence-corrected chi connectivity index (χ0v) is 13.4. The molecule has 0 aliphatic carbocycles. The van der Waals surface area contributed by atoms with Gasteiger partial charge in [0.05, 0.1) is 11.6 Å². The van der Waals surface area contributed by atoms with E-state index < -0.39 is 12.3 Å². The van der Waals surface area contributed by atoms with E-state index in [9.17, 15) is 10.4 Å². The molecule has 4 rings (SSSR count). The van der Waals surface area contributed by atoms with Crippen LogP contribution in [-0.2, 0) is 0 Å². The molecule has 0 bridgehead atoms. The van der Waals surface area contributed by atoms with Crippen molar-refractivity contribution >= 4 is 5.69 Å². The van der Waals surface area contributed by atoms with Crippen molar-refractivity contribution in [3.05, 3.63) is 90.0 Å². The second kappa shape index (κ2) is 6.21. The Morgan fingerprint density at radius 3 is 2.20 bits per heavy atom. The van der Waals surface area contributed by atoms with Crippen LogP contribution in [0.15, 0.2) is 78.9 Å². The van der Waals surface area contributed by atoms with Gasteiger partial charge in [-0.2, -0.15) is 5.26 Å². The van der Waals surface area contributed by atoms with Crippen LogP contribution in [0.3, 0.4) is 0 Å². The first-order valence-electron chi connectivity index (χ1n) is 8.06. The highest BCUT2D eigenvalue weighted by atomic mass is 16.5. The number of phenolic OH excluding ortho intramolecular Hbond substituents is 1. The topological polar surface area (TPSA) is 56.5 Å². The van der Waals surface area contributed by atoms with Crippen molar-refractivity contribution in [3.63, 3.8) is 0 Å². The summed E-state index contributed by atoms with van der Waals surface area (Å²) in [5, 5.41) is 20.2. The Balaban J connectivity index is 1.92. The first-order chi connectivity index (χ1) is 12.3. The number of anilines is 1. The molecule has 1 heterocycles. The van der Waals surface area contributed by atoms with Gasteiger partial charge in [0.1, 0.15) is 17.5 Å². The summed E-state index contributed by atoms with van der Waals surface area (Å²) in [6.07, 6.45) is -0.594. The normalized spacial score (nSPS) is 18.8. The predicted molar refractivity (Wildman–Crippen MR) is 95.2 cm³/mol. The van der Waals surface area contributed by atoms with Crippen LogP contribution in [-0.4, -0.2) is 5.11 Å². The first kappa shape index (κ1) is 15.1. The van der Waals surface area contributed by atoms with Gasteiger partial charge in [0, 0.05) is 11.3 Å². The van der Waals surface area contributed by atoms with Gasteiger partial charge in [0.15, 0.2) is 0 Å². The summed E-state index contributed by atoms with van der Waals surface area (Å²) in [5.41, 5.74) is 2.30. The third-order valence-corrected chi connectivity index (χ3v) is 4.36. The fourth-order valence-electron chi connectivity index (χ4n) is 3.20. The molecule has 4 heteroatoms. The number of nitriles is 1. The number of para-hydroxylation sites is 3. The van der Waals surface area contributed by atoms with Crippen LogP contribution in [0, 0.1) is 11.3 Å². The molecule has 1 aliphatic heterocycles. The Kier molecular flexibility index (Phi) is 3.75. The third-order valence-electron chi connectivity index (χ3n) is 4.36. The van der Waals surface area contributed by atoms with Crippen molar-refractivity contribution in [2.24, 2.45) is 0 Å². The lowest BCUT2D eigenvalue weighted by atomic mass is 9.99. The van der Waals surface area contributed by atoms with E-state index in [-0.39, 0.29) is 5.75 Å². The molecule has 0 fully saturated rings. The number of phenols is 1. The number of hydrogen-bond acceptors (Lipinski definition) is 4. The zero-order chi connectivity index (χ0) is 17.2. The van der Waals surface area contributed by atoms with E-state index in [0.29, 0.717) is 11.3 Å². The maximum Gasteiger partial charge on any atom is 0.203 e. The lowest BCUT2D eigenvalue weighted by molar-refractivity contribution is 0.168. The largest absolute Gasteiger partial charge is 0.507 e. The van der Waals surface area contributed by atoms with E-state index in [0.717, 1.165) is 11.3 Å². The highest BCUT2D eigenvalue weighted by Crippen LogP contribution is 2.45. The van der Waals surface area contributed by atoms with Gasteiger partial charge in [0.2, 0.25) is 6.23 Å². The standard InChI is InChI=1S/C21H16N2O2/c22-14-18-16-10-5-7-13-20(16)25-21(17-11-4-6-12-19(17)24)23(18)15-8-2-1-3-9-15/h1-13,18,21,24H/t18-,21+/m0/s1. The van der Waals surface area contributed by atoms with Gasteiger partial charge in [-0.15, -0.1) is 0 Å². The van der Waals surface area contributed by atoms with Gasteiger partial charge in [-0.1, -0.05) is 48.5 Å². The monoisotopic (exact) mass is 328 g/mol.